The van der Waals surface area contributed by atoms with Crippen molar-refractivity contribution in [3.63, 3.8) is 0 Å². The number of hydrogen-bond acceptors (Lipinski definition) is 4. The first-order valence-corrected chi connectivity index (χ1v) is 8.19. The van der Waals surface area contributed by atoms with Gasteiger partial charge in [-0.25, -0.2) is 0 Å². The molecule has 0 bridgehead atoms. The van der Waals surface area contributed by atoms with E-state index in [-0.39, 0.29) is 5.69 Å². The molecule has 0 aromatic heterocycles. The largest absolute Gasteiger partial charge is 0.492 e. The Morgan fingerprint density at radius 2 is 1.91 bits per heavy atom. The van der Waals surface area contributed by atoms with Crippen LogP contribution in [-0.2, 0) is 6.54 Å². The number of nitro benzene ring substituents is 1. The summed E-state index contributed by atoms with van der Waals surface area (Å²) in [6, 6.07) is 10.2. The molecular weight excluding hydrogens is 416 g/mol. The predicted octanol–water partition coefficient (Wildman–Crippen LogP) is 5.13. The highest BCUT2D eigenvalue weighted by Gasteiger charge is 2.10. The summed E-state index contributed by atoms with van der Waals surface area (Å²) in [5.41, 5.74) is 1.87. The minimum atomic E-state index is -0.414. The second kappa shape index (κ2) is 7.60. The molecule has 116 valence electrons. The van der Waals surface area contributed by atoms with Gasteiger partial charge in [-0.05, 0) is 47.1 Å². The average Bonchev–Trinajstić information content (AvgIpc) is 2.48. The van der Waals surface area contributed by atoms with E-state index < -0.39 is 4.92 Å². The number of anilines is 1. The van der Waals surface area contributed by atoms with Crippen LogP contribution in [0, 0.1) is 10.1 Å². The molecule has 7 heteroatoms. The normalized spacial score (nSPS) is 10.3. The number of nitrogens with one attached hydrogen (secondary N) is 1. The molecule has 22 heavy (non-hydrogen) atoms. The van der Waals surface area contributed by atoms with E-state index in [4.69, 9.17) is 4.74 Å². The van der Waals surface area contributed by atoms with Gasteiger partial charge in [0.2, 0.25) is 0 Å². The number of rotatable bonds is 6. The van der Waals surface area contributed by atoms with Crippen LogP contribution in [0.5, 0.6) is 5.75 Å². The number of halogens is 2. The number of ether oxygens (including phenoxy) is 1. The Labute approximate surface area is 145 Å². The van der Waals surface area contributed by atoms with E-state index in [1.54, 1.807) is 12.1 Å². The quantitative estimate of drug-likeness (QED) is 0.510. The summed E-state index contributed by atoms with van der Waals surface area (Å²) in [6.07, 6.45) is 0. The lowest BCUT2D eigenvalue weighted by molar-refractivity contribution is -0.384. The van der Waals surface area contributed by atoms with Gasteiger partial charge in [0.15, 0.2) is 0 Å². The first-order chi connectivity index (χ1) is 10.5. The van der Waals surface area contributed by atoms with Crippen molar-refractivity contribution < 1.29 is 9.66 Å². The number of non-ortho nitro benzene ring substituents is 1. The lowest BCUT2D eigenvalue weighted by Gasteiger charge is -2.14. The van der Waals surface area contributed by atoms with E-state index in [1.807, 2.05) is 19.1 Å². The van der Waals surface area contributed by atoms with Crippen LogP contribution in [0.2, 0.25) is 0 Å². The third kappa shape index (κ3) is 4.20. The zero-order chi connectivity index (χ0) is 16.1. The molecule has 0 heterocycles. The lowest BCUT2D eigenvalue weighted by Crippen LogP contribution is -2.04. The van der Waals surface area contributed by atoms with Crippen molar-refractivity contribution in [2.45, 2.75) is 13.5 Å². The molecule has 0 aliphatic heterocycles. The fourth-order valence-electron chi connectivity index (χ4n) is 1.95. The van der Waals surface area contributed by atoms with Gasteiger partial charge in [-0.3, -0.25) is 10.1 Å². The van der Waals surface area contributed by atoms with Gasteiger partial charge in [-0.2, -0.15) is 0 Å². The van der Waals surface area contributed by atoms with Crippen LogP contribution in [0.3, 0.4) is 0 Å². The molecule has 1 N–H and O–H groups in total. The van der Waals surface area contributed by atoms with Crippen molar-refractivity contribution in [1.82, 2.24) is 0 Å². The maximum Gasteiger partial charge on any atom is 0.269 e. The molecule has 0 saturated carbocycles. The molecule has 0 amide bonds. The van der Waals surface area contributed by atoms with Gasteiger partial charge in [0.25, 0.3) is 5.69 Å². The highest BCUT2D eigenvalue weighted by molar-refractivity contribution is 9.11. The minimum Gasteiger partial charge on any atom is -0.492 e. The number of nitrogens with zero attached hydrogens (tertiary/aromatic N) is 1. The topological polar surface area (TPSA) is 64.4 Å². The monoisotopic (exact) mass is 428 g/mol. The van der Waals surface area contributed by atoms with E-state index in [2.05, 4.69) is 37.2 Å². The summed E-state index contributed by atoms with van der Waals surface area (Å²) in [6.45, 7) is 3.05. The van der Waals surface area contributed by atoms with Crippen LogP contribution in [0.4, 0.5) is 11.4 Å². The second-order valence-corrected chi connectivity index (χ2v) is 6.24. The maximum absolute atomic E-state index is 10.6. The van der Waals surface area contributed by atoms with E-state index in [0.717, 1.165) is 25.9 Å². The Bertz CT molecular complexity index is 675. The van der Waals surface area contributed by atoms with Gasteiger partial charge in [-0.1, -0.05) is 15.9 Å². The molecule has 0 aliphatic rings. The average molecular weight is 430 g/mol. The first kappa shape index (κ1) is 16.8. The van der Waals surface area contributed by atoms with Crippen LogP contribution in [0.1, 0.15) is 12.5 Å². The van der Waals surface area contributed by atoms with Crippen LogP contribution in [0.25, 0.3) is 0 Å². The second-order valence-electron chi connectivity index (χ2n) is 4.47. The first-order valence-electron chi connectivity index (χ1n) is 6.60. The van der Waals surface area contributed by atoms with Gasteiger partial charge < -0.3 is 10.1 Å². The third-order valence-corrected chi connectivity index (χ3v) is 3.98. The summed E-state index contributed by atoms with van der Waals surface area (Å²) in [5.74, 6) is 0.792. The van der Waals surface area contributed by atoms with Gasteiger partial charge in [0.05, 0.1) is 16.0 Å². The minimum absolute atomic E-state index is 0.0748. The van der Waals surface area contributed by atoms with Crippen LogP contribution in [0.15, 0.2) is 45.3 Å². The summed E-state index contributed by atoms with van der Waals surface area (Å²) in [4.78, 5) is 10.2. The standard InChI is InChI=1S/C15H14Br2N2O3/c1-2-22-15-10(7-11(16)8-14(15)17)9-18-12-3-5-13(6-4-12)19(20)21/h3-8,18H,2,9H2,1H3. The van der Waals surface area contributed by atoms with E-state index in [1.165, 1.54) is 12.1 Å². The maximum atomic E-state index is 10.6. The molecule has 0 atom stereocenters. The summed E-state index contributed by atoms with van der Waals surface area (Å²) < 4.78 is 7.49. The zero-order valence-corrected chi connectivity index (χ0v) is 15.0. The Morgan fingerprint density at radius 3 is 2.50 bits per heavy atom. The molecule has 2 aromatic rings. The van der Waals surface area contributed by atoms with Crippen molar-refractivity contribution in [3.8, 4) is 5.75 Å². The summed E-state index contributed by atoms with van der Waals surface area (Å²) >= 11 is 6.95. The van der Waals surface area contributed by atoms with Crippen molar-refractivity contribution >= 4 is 43.2 Å². The van der Waals surface area contributed by atoms with Crippen molar-refractivity contribution in [3.05, 3.63) is 61.0 Å². The van der Waals surface area contributed by atoms with E-state index in [9.17, 15) is 10.1 Å². The number of nitro groups is 1. The molecule has 0 spiro atoms. The van der Waals surface area contributed by atoms with Crippen molar-refractivity contribution in [2.24, 2.45) is 0 Å². The molecular formula is C15H14Br2N2O3. The Kier molecular flexibility index (Phi) is 5.79. The predicted molar refractivity (Wildman–Crippen MR) is 93.4 cm³/mol. The van der Waals surface area contributed by atoms with Gasteiger partial charge in [0.1, 0.15) is 5.75 Å². The summed E-state index contributed by atoms with van der Waals surface area (Å²) in [7, 11) is 0. The molecule has 2 aromatic carbocycles. The van der Waals surface area contributed by atoms with Crippen LogP contribution in [-0.4, -0.2) is 11.5 Å². The highest BCUT2D eigenvalue weighted by atomic mass is 79.9. The number of hydrogen-bond donors (Lipinski definition) is 1. The van der Waals surface area contributed by atoms with Crippen LogP contribution < -0.4 is 10.1 Å². The van der Waals surface area contributed by atoms with E-state index in [0.29, 0.717) is 13.2 Å². The Morgan fingerprint density at radius 1 is 1.23 bits per heavy atom. The molecule has 0 fully saturated rings. The van der Waals surface area contributed by atoms with Gasteiger partial charge in [-0.15, -0.1) is 0 Å². The smallest absolute Gasteiger partial charge is 0.269 e. The fourth-order valence-corrected chi connectivity index (χ4v) is 3.38. The Balaban J connectivity index is 2.15. The third-order valence-electron chi connectivity index (χ3n) is 2.94. The molecule has 0 aliphatic carbocycles. The summed E-state index contributed by atoms with van der Waals surface area (Å²) in [5, 5.41) is 13.9. The van der Waals surface area contributed by atoms with Crippen LogP contribution >= 0.6 is 31.9 Å². The van der Waals surface area contributed by atoms with E-state index >= 15 is 0 Å². The molecule has 0 radical (unpaired) electrons. The Hall–Kier alpha value is -1.60. The SMILES string of the molecule is CCOc1c(Br)cc(Br)cc1CNc1ccc([N+](=O)[O-])cc1. The highest BCUT2D eigenvalue weighted by Crippen LogP contribution is 2.33. The van der Waals surface area contributed by atoms with Gasteiger partial charge >= 0.3 is 0 Å². The fraction of sp³-hybridized carbons (Fsp3) is 0.200. The molecule has 0 unspecified atom stereocenters. The van der Waals surface area contributed by atoms with Crippen molar-refractivity contribution in [1.29, 1.82) is 0 Å². The van der Waals surface area contributed by atoms with Crippen molar-refractivity contribution in [2.75, 3.05) is 11.9 Å². The lowest BCUT2D eigenvalue weighted by atomic mass is 10.2. The molecule has 0 saturated heterocycles. The van der Waals surface area contributed by atoms with Gasteiger partial charge in [0, 0.05) is 34.4 Å². The number of benzene rings is 2. The zero-order valence-electron chi connectivity index (χ0n) is 11.8. The molecule has 2 rings (SSSR count). The molecule has 5 nitrogen and oxygen atoms in total.